The van der Waals surface area contributed by atoms with Crippen molar-refractivity contribution in [2.75, 3.05) is 0 Å². The molecule has 3 aromatic rings. The van der Waals surface area contributed by atoms with Gasteiger partial charge in [0.1, 0.15) is 0 Å². The van der Waals surface area contributed by atoms with Gasteiger partial charge in [-0.25, -0.2) is 4.98 Å². The molecular formula is C22H21N3. The summed E-state index contributed by atoms with van der Waals surface area (Å²) in [6, 6.07) is 8.39. The molecule has 0 aliphatic heterocycles. The highest BCUT2D eigenvalue weighted by Crippen LogP contribution is 2.29. The van der Waals surface area contributed by atoms with E-state index >= 15 is 0 Å². The van der Waals surface area contributed by atoms with Gasteiger partial charge in [-0.3, -0.25) is 4.98 Å². The number of hydrogen-bond donors (Lipinski definition) is 1. The van der Waals surface area contributed by atoms with Crippen LogP contribution in [0.5, 0.6) is 0 Å². The molecule has 3 nitrogen and oxygen atoms in total. The minimum absolute atomic E-state index is 0.542. The molecule has 0 saturated heterocycles. The first kappa shape index (κ1) is 16.7. The third-order valence-electron chi connectivity index (χ3n) is 4.01. The molecule has 0 saturated carbocycles. The van der Waals surface area contributed by atoms with Gasteiger partial charge < -0.3 is 4.98 Å². The summed E-state index contributed by atoms with van der Waals surface area (Å²) >= 11 is 0. The highest BCUT2D eigenvalue weighted by atomic mass is 14.9. The Bertz CT molecular complexity index is 984. The van der Waals surface area contributed by atoms with E-state index < -0.39 is 0 Å². The number of hydrogen-bond acceptors (Lipinski definition) is 2. The van der Waals surface area contributed by atoms with Crippen LogP contribution in [0.1, 0.15) is 31.0 Å². The van der Waals surface area contributed by atoms with Crippen molar-refractivity contribution in [3.8, 4) is 23.6 Å². The fourth-order valence-corrected chi connectivity index (χ4v) is 2.81. The van der Waals surface area contributed by atoms with Crippen LogP contribution >= 0.6 is 0 Å². The fourth-order valence-electron chi connectivity index (χ4n) is 2.81. The molecule has 3 heteroatoms. The molecule has 0 atom stereocenters. The van der Waals surface area contributed by atoms with Gasteiger partial charge in [0.25, 0.3) is 0 Å². The van der Waals surface area contributed by atoms with Crippen molar-refractivity contribution in [3.05, 3.63) is 66.3 Å². The van der Waals surface area contributed by atoms with Gasteiger partial charge in [-0.1, -0.05) is 31.2 Å². The van der Waals surface area contributed by atoms with Crippen LogP contribution in [-0.4, -0.2) is 15.0 Å². The van der Waals surface area contributed by atoms with E-state index in [1.807, 2.05) is 18.3 Å². The Balaban J connectivity index is 2.07. The summed E-state index contributed by atoms with van der Waals surface area (Å²) in [6.45, 7) is 4.16. The van der Waals surface area contributed by atoms with Gasteiger partial charge in [0.15, 0.2) is 0 Å². The number of rotatable bonds is 5. The van der Waals surface area contributed by atoms with E-state index in [2.05, 4.69) is 65.1 Å². The Morgan fingerprint density at radius 1 is 1.28 bits per heavy atom. The smallest absolute Gasteiger partial charge is 0.0932 e. The predicted molar refractivity (Wildman–Crippen MR) is 105 cm³/mol. The lowest BCUT2D eigenvalue weighted by Gasteiger charge is -2.07. The van der Waals surface area contributed by atoms with E-state index in [1.165, 1.54) is 0 Å². The van der Waals surface area contributed by atoms with Crippen LogP contribution in [-0.2, 0) is 0 Å². The molecule has 0 spiro atoms. The van der Waals surface area contributed by atoms with Crippen LogP contribution < -0.4 is 0 Å². The van der Waals surface area contributed by atoms with E-state index in [1.54, 1.807) is 6.33 Å². The maximum Gasteiger partial charge on any atom is 0.0932 e. The lowest BCUT2D eigenvalue weighted by Crippen LogP contribution is -1.90. The number of aryl methyl sites for hydroxylation is 1. The van der Waals surface area contributed by atoms with Crippen LogP contribution in [0, 0.1) is 19.3 Å². The lowest BCUT2D eigenvalue weighted by molar-refractivity contribution is 1.22. The summed E-state index contributed by atoms with van der Waals surface area (Å²) < 4.78 is 0. The quantitative estimate of drug-likeness (QED) is 0.510. The van der Waals surface area contributed by atoms with Gasteiger partial charge >= 0.3 is 0 Å². The summed E-state index contributed by atoms with van der Waals surface area (Å²) in [5, 5.41) is 1.12. The SMILES string of the molecule is C#CC/C(=C\C=C/CC)c1nc[nH]c1-c1ccc2ncc(C)cc2c1. The van der Waals surface area contributed by atoms with Crippen LogP contribution in [0.4, 0.5) is 0 Å². The summed E-state index contributed by atoms with van der Waals surface area (Å²) in [6.07, 6.45) is 16.9. The minimum Gasteiger partial charge on any atom is -0.344 e. The summed E-state index contributed by atoms with van der Waals surface area (Å²) in [5.74, 6) is 2.73. The van der Waals surface area contributed by atoms with E-state index in [9.17, 15) is 0 Å². The zero-order chi connectivity index (χ0) is 17.6. The number of allylic oxidation sites excluding steroid dienone is 4. The van der Waals surface area contributed by atoms with Crippen molar-refractivity contribution in [1.82, 2.24) is 15.0 Å². The second-order valence-corrected chi connectivity index (χ2v) is 5.96. The van der Waals surface area contributed by atoms with Crippen molar-refractivity contribution in [3.63, 3.8) is 0 Å². The van der Waals surface area contributed by atoms with Gasteiger partial charge in [-0.15, -0.1) is 12.3 Å². The van der Waals surface area contributed by atoms with Crippen molar-refractivity contribution in [2.24, 2.45) is 0 Å². The van der Waals surface area contributed by atoms with Gasteiger partial charge in [0.05, 0.1) is 23.2 Å². The number of aromatic nitrogens is 3. The minimum atomic E-state index is 0.542. The topological polar surface area (TPSA) is 41.6 Å². The average molecular weight is 327 g/mol. The monoisotopic (exact) mass is 327 g/mol. The maximum atomic E-state index is 5.56. The number of aromatic amines is 1. The molecule has 1 N–H and O–H groups in total. The third kappa shape index (κ3) is 3.70. The largest absolute Gasteiger partial charge is 0.344 e. The average Bonchev–Trinajstić information content (AvgIpc) is 3.10. The van der Waals surface area contributed by atoms with Gasteiger partial charge in [-0.05, 0) is 42.7 Å². The number of terminal acetylenes is 1. The molecule has 2 aromatic heterocycles. The normalized spacial score (nSPS) is 12.0. The number of imidazole rings is 1. The zero-order valence-corrected chi connectivity index (χ0v) is 14.6. The second-order valence-electron chi connectivity index (χ2n) is 5.96. The Morgan fingerprint density at radius 2 is 2.16 bits per heavy atom. The van der Waals surface area contributed by atoms with Crippen LogP contribution in [0.3, 0.4) is 0 Å². The molecule has 0 aliphatic carbocycles. The molecule has 124 valence electrons. The Kier molecular flexibility index (Phi) is 5.11. The number of nitrogens with one attached hydrogen (secondary N) is 1. The molecule has 25 heavy (non-hydrogen) atoms. The maximum absolute atomic E-state index is 5.56. The van der Waals surface area contributed by atoms with Crippen molar-refractivity contribution >= 4 is 16.5 Å². The van der Waals surface area contributed by atoms with Crippen LogP contribution in [0.2, 0.25) is 0 Å². The molecule has 0 unspecified atom stereocenters. The third-order valence-corrected chi connectivity index (χ3v) is 4.01. The first-order valence-corrected chi connectivity index (χ1v) is 8.42. The van der Waals surface area contributed by atoms with Crippen LogP contribution in [0.15, 0.2) is 55.0 Å². The fraction of sp³-hybridized carbons (Fsp3) is 0.182. The molecule has 0 amide bonds. The number of pyridine rings is 1. The highest BCUT2D eigenvalue weighted by Gasteiger charge is 2.12. The number of benzene rings is 1. The molecule has 2 heterocycles. The second kappa shape index (κ2) is 7.63. The standard InChI is InChI=1S/C22H21N3/c1-4-6-7-9-17(8-5-2)21-22(25-15-24-21)18-10-11-20-19(13-18)12-16(3)14-23-20/h2,6-7,9-15H,4,8H2,1,3H3,(H,24,25)/b7-6-,17-9+. The molecule has 0 aliphatic rings. The van der Waals surface area contributed by atoms with Crippen molar-refractivity contribution in [1.29, 1.82) is 0 Å². The van der Waals surface area contributed by atoms with E-state index in [0.717, 1.165) is 45.4 Å². The Hall–Kier alpha value is -3.12. The Labute approximate surface area is 148 Å². The summed E-state index contributed by atoms with van der Waals surface area (Å²) in [5.41, 5.74) is 6.13. The lowest BCUT2D eigenvalue weighted by atomic mass is 10.0. The van der Waals surface area contributed by atoms with Crippen molar-refractivity contribution in [2.45, 2.75) is 26.7 Å². The van der Waals surface area contributed by atoms with E-state index in [0.29, 0.717) is 6.42 Å². The predicted octanol–water partition coefficient (Wildman–Crippen LogP) is 5.31. The molecule has 0 bridgehead atoms. The molecular weight excluding hydrogens is 306 g/mol. The highest BCUT2D eigenvalue weighted by molar-refractivity contribution is 5.87. The first-order valence-electron chi connectivity index (χ1n) is 8.42. The van der Waals surface area contributed by atoms with Gasteiger partial charge in [0, 0.05) is 23.6 Å². The molecule has 0 fully saturated rings. The molecule has 1 aromatic carbocycles. The Morgan fingerprint density at radius 3 is 2.96 bits per heavy atom. The molecule has 0 radical (unpaired) electrons. The number of H-pyrrole nitrogens is 1. The summed E-state index contributed by atoms with van der Waals surface area (Å²) in [7, 11) is 0. The number of fused-ring (bicyclic) bond motifs is 1. The van der Waals surface area contributed by atoms with E-state index in [4.69, 9.17) is 6.42 Å². The van der Waals surface area contributed by atoms with Crippen LogP contribution in [0.25, 0.3) is 27.7 Å². The molecule has 3 rings (SSSR count). The number of nitrogens with zero attached hydrogens (tertiary/aromatic N) is 2. The van der Waals surface area contributed by atoms with Gasteiger partial charge in [0.2, 0.25) is 0 Å². The van der Waals surface area contributed by atoms with Gasteiger partial charge in [-0.2, -0.15) is 0 Å². The first-order chi connectivity index (χ1) is 12.2. The van der Waals surface area contributed by atoms with E-state index in [-0.39, 0.29) is 0 Å². The van der Waals surface area contributed by atoms with Crippen molar-refractivity contribution < 1.29 is 0 Å². The zero-order valence-electron chi connectivity index (χ0n) is 14.6. The summed E-state index contributed by atoms with van der Waals surface area (Å²) in [4.78, 5) is 12.3.